The third-order valence-electron chi connectivity index (χ3n) is 3.44. The van der Waals surface area contributed by atoms with E-state index in [9.17, 15) is 18.3 Å². The van der Waals surface area contributed by atoms with E-state index in [1.807, 2.05) is 24.3 Å². The van der Waals surface area contributed by atoms with Gasteiger partial charge in [-0.05, 0) is 45.2 Å². The summed E-state index contributed by atoms with van der Waals surface area (Å²) in [6.45, 7) is 4.89. The topological polar surface area (TPSA) is 71.4 Å². The fraction of sp³-hybridized carbons (Fsp3) is 0.533. The number of benzene rings is 1. The van der Waals surface area contributed by atoms with E-state index >= 15 is 0 Å². The average Bonchev–Trinajstić information content (AvgIpc) is 2.34. The van der Waals surface area contributed by atoms with Crippen LogP contribution in [-0.2, 0) is 21.1 Å². The minimum Gasteiger partial charge on any atom is -0.481 e. The summed E-state index contributed by atoms with van der Waals surface area (Å²) in [6, 6.07) is 7.39. The molecule has 1 rings (SSSR count). The summed E-state index contributed by atoms with van der Waals surface area (Å²) in [5, 5.41) is 9.31. The quantitative estimate of drug-likeness (QED) is 0.826. The Balaban J connectivity index is 2.82. The van der Waals surface area contributed by atoms with Crippen molar-refractivity contribution in [3.63, 3.8) is 0 Å². The van der Waals surface area contributed by atoms with E-state index in [2.05, 4.69) is 15.9 Å². The van der Waals surface area contributed by atoms with Crippen molar-refractivity contribution < 1.29 is 18.3 Å². The fourth-order valence-electron chi connectivity index (χ4n) is 1.85. The molecule has 0 aliphatic rings. The van der Waals surface area contributed by atoms with Crippen LogP contribution in [0.5, 0.6) is 0 Å². The molecule has 0 heterocycles. The van der Waals surface area contributed by atoms with E-state index < -0.39 is 26.5 Å². The Hall–Kier alpha value is -0.880. The molecule has 118 valence electrons. The number of carboxylic acid groups (broad SMARTS) is 1. The Morgan fingerprint density at radius 3 is 2.33 bits per heavy atom. The van der Waals surface area contributed by atoms with Gasteiger partial charge in [0.05, 0.1) is 16.4 Å². The fourth-order valence-corrected chi connectivity index (χ4v) is 3.50. The lowest BCUT2D eigenvalue weighted by Gasteiger charge is -2.21. The highest BCUT2D eigenvalue weighted by Crippen LogP contribution is 2.24. The van der Waals surface area contributed by atoms with Crippen LogP contribution >= 0.6 is 15.9 Å². The highest BCUT2D eigenvalue weighted by Gasteiger charge is 2.31. The van der Waals surface area contributed by atoms with E-state index in [-0.39, 0.29) is 12.2 Å². The lowest BCUT2D eigenvalue weighted by molar-refractivity contribution is -0.141. The number of rotatable bonds is 6. The molecule has 0 radical (unpaired) electrons. The Bertz CT molecular complexity index is 602. The first-order chi connectivity index (χ1) is 9.54. The number of sulfone groups is 1. The van der Waals surface area contributed by atoms with Crippen LogP contribution < -0.4 is 0 Å². The summed E-state index contributed by atoms with van der Waals surface area (Å²) in [5.74, 6) is -1.78. The van der Waals surface area contributed by atoms with Crippen LogP contribution in [0.1, 0.15) is 32.8 Å². The Labute approximate surface area is 134 Å². The number of hydrogen-bond acceptors (Lipinski definition) is 3. The number of hydrogen-bond donors (Lipinski definition) is 1. The van der Waals surface area contributed by atoms with Gasteiger partial charge in [0.15, 0.2) is 9.84 Å². The summed E-state index contributed by atoms with van der Waals surface area (Å²) < 4.78 is 24.2. The van der Waals surface area contributed by atoms with Gasteiger partial charge in [-0.2, -0.15) is 0 Å². The Morgan fingerprint density at radius 2 is 1.86 bits per heavy atom. The number of carbonyl (C=O) groups is 1. The normalized spacial score (nSPS) is 13.9. The highest BCUT2D eigenvalue weighted by atomic mass is 79.9. The zero-order valence-corrected chi connectivity index (χ0v) is 14.9. The third kappa shape index (κ3) is 5.11. The first-order valence-electron chi connectivity index (χ1n) is 6.73. The van der Waals surface area contributed by atoms with Crippen molar-refractivity contribution in [3.8, 4) is 0 Å². The van der Waals surface area contributed by atoms with Crippen molar-refractivity contribution in [1.29, 1.82) is 0 Å². The second-order valence-electron chi connectivity index (χ2n) is 6.05. The number of carboxylic acids is 1. The Kier molecular flexibility index (Phi) is 5.99. The zero-order valence-electron chi connectivity index (χ0n) is 12.5. The Morgan fingerprint density at radius 1 is 1.29 bits per heavy atom. The van der Waals surface area contributed by atoms with Gasteiger partial charge in [0.1, 0.15) is 0 Å². The van der Waals surface area contributed by atoms with Crippen molar-refractivity contribution in [3.05, 3.63) is 34.3 Å². The first-order valence-corrected chi connectivity index (χ1v) is 9.17. The predicted octanol–water partition coefficient (Wildman–Crippen LogP) is 3.30. The highest BCUT2D eigenvalue weighted by molar-refractivity contribution is 9.10. The molecule has 0 aliphatic carbocycles. The second kappa shape index (κ2) is 6.92. The van der Waals surface area contributed by atoms with Crippen molar-refractivity contribution in [2.24, 2.45) is 5.92 Å². The van der Waals surface area contributed by atoms with Gasteiger partial charge in [0.25, 0.3) is 0 Å². The molecule has 21 heavy (non-hydrogen) atoms. The van der Waals surface area contributed by atoms with Gasteiger partial charge in [-0.1, -0.05) is 34.1 Å². The van der Waals surface area contributed by atoms with Crippen LogP contribution in [0.2, 0.25) is 0 Å². The van der Waals surface area contributed by atoms with E-state index in [0.717, 1.165) is 10.0 Å². The molecular weight excluding hydrogens is 356 g/mol. The molecule has 1 aromatic rings. The first kappa shape index (κ1) is 18.2. The molecule has 0 aliphatic heterocycles. The molecule has 0 fully saturated rings. The van der Waals surface area contributed by atoms with Crippen LogP contribution in [0, 0.1) is 5.92 Å². The van der Waals surface area contributed by atoms with Crippen molar-refractivity contribution >= 4 is 31.7 Å². The molecule has 0 spiro atoms. The van der Waals surface area contributed by atoms with Gasteiger partial charge < -0.3 is 5.11 Å². The van der Waals surface area contributed by atoms with Gasteiger partial charge in [0.2, 0.25) is 0 Å². The minimum atomic E-state index is -3.30. The number of aliphatic carboxylic acids is 1. The van der Waals surface area contributed by atoms with Gasteiger partial charge in [-0.3, -0.25) is 4.79 Å². The summed E-state index contributed by atoms with van der Waals surface area (Å²) >= 11 is 3.39. The molecule has 1 aromatic carbocycles. The lowest BCUT2D eigenvalue weighted by atomic mass is 9.97. The SMILES string of the molecule is CC(C)(C)S(=O)(=O)CCC(Cc1ccccc1Br)C(=O)O. The van der Waals surface area contributed by atoms with Crippen molar-refractivity contribution in [2.75, 3.05) is 5.75 Å². The molecule has 0 bridgehead atoms. The van der Waals surface area contributed by atoms with E-state index in [4.69, 9.17) is 0 Å². The molecule has 6 heteroatoms. The maximum Gasteiger partial charge on any atom is 0.306 e. The summed E-state index contributed by atoms with van der Waals surface area (Å²) in [5.41, 5.74) is 0.873. The van der Waals surface area contributed by atoms with Crippen LogP contribution in [0.4, 0.5) is 0 Å². The monoisotopic (exact) mass is 376 g/mol. The molecular formula is C15H21BrO4S. The zero-order chi connectivity index (χ0) is 16.3. The van der Waals surface area contributed by atoms with Gasteiger partial charge in [-0.15, -0.1) is 0 Å². The molecule has 0 saturated heterocycles. The number of halogens is 1. The van der Waals surface area contributed by atoms with Crippen LogP contribution in [-0.4, -0.2) is 30.0 Å². The standard InChI is InChI=1S/C15H21BrO4S/c1-15(2,3)21(19,20)9-8-12(14(17)18)10-11-6-4-5-7-13(11)16/h4-7,12H,8-10H2,1-3H3,(H,17,18). The summed E-state index contributed by atoms with van der Waals surface area (Å²) in [6.07, 6.45) is 0.437. The van der Waals surface area contributed by atoms with E-state index in [1.165, 1.54) is 0 Å². The second-order valence-corrected chi connectivity index (χ2v) is 9.77. The summed E-state index contributed by atoms with van der Waals surface area (Å²) in [4.78, 5) is 11.4. The lowest BCUT2D eigenvalue weighted by Crippen LogP contribution is -2.32. The molecule has 1 atom stereocenters. The average molecular weight is 377 g/mol. The van der Waals surface area contributed by atoms with Gasteiger partial charge >= 0.3 is 5.97 Å². The molecule has 0 amide bonds. The molecule has 1 unspecified atom stereocenters. The molecule has 0 aromatic heterocycles. The van der Waals surface area contributed by atoms with Gasteiger partial charge in [0, 0.05) is 4.47 Å². The third-order valence-corrected chi connectivity index (χ3v) is 6.85. The molecule has 1 N–H and O–H groups in total. The van der Waals surface area contributed by atoms with Crippen LogP contribution in [0.3, 0.4) is 0 Å². The maximum absolute atomic E-state index is 12.1. The molecule has 0 saturated carbocycles. The molecule has 4 nitrogen and oxygen atoms in total. The summed E-state index contributed by atoms with van der Waals surface area (Å²) in [7, 11) is -3.30. The predicted molar refractivity (Wildman–Crippen MR) is 87.1 cm³/mol. The smallest absolute Gasteiger partial charge is 0.306 e. The largest absolute Gasteiger partial charge is 0.481 e. The van der Waals surface area contributed by atoms with Crippen LogP contribution in [0.15, 0.2) is 28.7 Å². The van der Waals surface area contributed by atoms with E-state index in [1.54, 1.807) is 20.8 Å². The minimum absolute atomic E-state index is 0.113. The van der Waals surface area contributed by atoms with Crippen LogP contribution in [0.25, 0.3) is 0 Å². The van der Waals surface area contributed by atoms with Crippen molar-refractivity contribution in [2.45, 2.75) is 38.4 Å². The van der Waals surface area contributed by atoms with E-state index in [0.29, 0.717) is 6.42 Å². The van der Waals surface area contributed by atoms with Crippen molar-refractivity contribution in [1.82, 2.24) is 0 Å². The maximum atomic E-state index is 12.1. The van der Waals surface area contributed by atoms with Gasteiger partial charge in [-0.25, -0.2) is 8.42 Å².